The summed E-state index contributed by atoms with van der Waals surface area (Å²) in [6, 6.07) is 34.2. The van der Waals surface area contributed by atoms with Crippen molar-refractivity contribution in [3.63, 3.8) is 0 Å². The van der Waals surface area contributed by atoms with Crippen molar-refractivity contribution in [2.45, 2.75) is 65.4 Å². The van der Waals surface area contributed by atoms with Crippen LogP contribution in [0.4, 0.5) is 0 Å². The first-order valence-electron chi connectivity index (χ1n) is 23.6. The molecule has 0 aliphatic carbocycles. The number of rotatable bonds is 18. The monoisotopic (exact) mass is 997 g/mol. The van der Waals surface area contributed by atoms with E-state index < -0.39 is 10.4 Å². The van der Waals surface area contributed by atoms with Crippen LogP contribution in [0.15, 0.2) is 147 Å². The molecule has 0 atom stereocenters. The Morgan fingerprint density at radius 2 is 0.690 bits per heavy atom. The molecular formula is C50H72N14O6S. The van der Waals surface area contributed by atoms with Gasteiger partial charge in [-0.25, -0.2) is 0 Å². The molecule has 0 radical (unpaired) electrons. The van der Waals surface area contributed by atoms with Crippen LogP contribution in [0.25, 0.3) is 0 Å². The number of nitrogens with one attached hydrogen (secondary N) is 8. The van der Waals surface area contributed by atoms with E-state index in [-0.39, 0.29) is 34.1 Å². The predicted molar refractivity (Wildman–Crippen MR) is 268 cm³/mol. The third-order valence-electron chi connectivity index (χ3n) is 13.0. The van der Waals surface area contributed by atoms with E-state index in [2.05, 4.69) is 181 Å². The molecule has 0 spiro atoms. The van der Waals surface area contributed by atoms with Gasteiger partial charge in [0, 0.05) is 157 Å². The number of nitrogens with two attached hydrogens (primary N) is 2. The van der Waals surface area contributed by atoms with Crippen LogP contribution in [0, 0.1) is 10.8 Å². The Labute approximate surface area is 415 Å². The lowest BCUT2D eigenvalue weighted by molar-refractivity contribution is -0.682. The van der Waals surface area contributed by atoms with Crippen molar-refractivity contribution >= 4 is 10.4 Å². The molecule has 384 valence electrons. The minimum atomic E-state index is -5.17. The third kappa shape index (κ3) is 15.9. The van der Waals surface area contributed by atoms with Crippen molar-refractivity contribution in [3.05, 3.63) is 192 Å². The maximum Gasteiger partial charge on any atom is 0.116 e. The summed E-state index contributed by atoms with van der Waals surface area (Å²) in [6.45, 7) is 16.7. The molecule has 0 aromatic carbocycles. The third-order valence-corrected chi connectivity index (χ3v) is 13.0. The van der Waals surface area contributed by atoms with Gasteiger partial charge >= 0.3 is 0 Å². The fourth-order valence-corrected chi connectivity index (χ4v) is 10.4. The van der Waals surface area contributed by atoms with E-state index in [0.29, 0.717) is 0 Å². The van der Waals surface area contributed by atoms with Gasteiger partial charge in [0.05, 0.1) is 24.5 Å². The molecule has 71 heavy (non-hydrogen) atoms. The minimum Gasteiger partial charge on any atom is -0.759 e. The molecule has 20 nitrogen and oxygen atoms in total. The number of aromatic amines is 8. The SMILES string of the molecule is CC1(C[NH2+]Cc2ccc[nH]2)CN(Cc2ccc[nH]2)C(c2ccc[nH]2)N(Cc2ccc[nH]2)C1.CC1(C[NH2+]Cc2ccc[nH]2)CN(Cc2ccc[nH]2)C(c2ccc[nH]2)N(Cc2ccc[nH]2)C1.O.O.O=S(=O)([O-])[O-]. The Bertz CT molecular complexity index is 2420. The molecule has 0 amide bonds. The van der Waals surface area contributed by atoms with E-state index in [4.69, 9.17) is 17.5 Å². The molecule has 0 saturated carbocycles. The molecule has 2 saturated heterocycles. The second-order valence-electron chi connectivity index (χ2n) is 19.2. The molecule has 2 aliphatic heterocycles. The van der Waals surface area contributed by atoms with Gasteiger partial charge in [-0.05, 0) is 97.1 Å². The number of hydrogen-bond acceptors (Lipinski definition) is 8. The van der Waals surface area contributed by atoms with Gasteiger partial charge < -0.3 is 70.6 Å². The number of nitrogens with zero attached hydrogens (tertiary/aromatic N) is 4. The molecule has 0 bridgehead atoms. The molecule has 2 fully saturated rings. The van der Waals surface area contributed by atoms with E-state index in [0.717, 1.165) is 78.5 Å². The average molecular weight is 997 g/mol. The van der Waals surface area contributed by atoms with Crippen molar-refractivity contribution in [2.75, 3.05) is 39.3 Å². The zero-order chi connectivity index (χ0) is 48.1. The van der Waals surface area contributed by atoms with Crippen LogP contribution < -0.4 is 10.6 Å². The highest BCUT2D eigenvalue weighted by Crippen LogP contribution is 2.39. The van der Waals surface area contributed by atoms with Crippen molar-refractivity contribution < 1.29 is 39.1 Å². The van der Waals surface area contributed by atoms with Gasteiger partial charge in [0.15, 0.2) is 0 Å². The lowest BCUT2D eigenvalue weighted by Crippen LogP contribution is -2.87. The Hall–Kier alpha value is -6.21. The first-order chi connectivity index (χ1) is 33.4. The molecule has 10 heterocycles. The van der Waals surface area contributed by atoms with Crippen LogP contribution in [-0.2, 0) is 49.7 Å². The first kappa shape index (κ1) is 54.1. The summed E-state index contributed by atoms with van der Waals surface area (Å²) in [5, 5.41) is 4.89. The van der Waals surface area contributed by atoms with E-state index in [1.54, 1.807) is 0 Å². The van der Waals surface area contributed by atoms with E-state index in [1.165, 1.54) is 45.6 Å². The number of aromatic nitrogens is 8. The molecule has 16 N–H and O–H groups in total. The number of H-pyrrole nitrogens is 8. The average Bonchev–Trinajstić information content (AvgIpc) is 4.14. The van der Waals surface area contributed by atoms with Gasteiger partial charge in [-0.2, -0.15) is 0 Å². The van der Waals surface area contributed by atoms with Gasteiger partial charge in [-0.15, -0.1) is 0 Å². The van der Waals surface area contributed by atoms with Crippen LogP contribution in [-0.4, -0.2) is 127 Å². The summed E-state index contributed by atoms with van der Waals surface area (Å²) in [5.41, 5.74) is 10.4. The molecule has 8 aromatic heterocycles. The topological polar surface area (TPSA) is 316 Å². The first-order valence-corrected chi connectivity index (χ1v) is 25.0. The van der Waals surface area contributed by atoms with Crippen molar-refractivity contribution in [1.82, 2.24) is 59.5 Å². The van der Waals surface area contributed by atoms with Crippen molar-refractivity contribution in [2.24, 2.45) is 10.8 Å². The zero-order valence-corrected chi connectivity index (χ0v) is 41.3. The van der Waals surface area contributed by atoms with Crippen molar-refractivity contribution in [1.29, 1.82) is 0 Å². The minimum absolute atomic E-state index is 0. The van der Waals surface area contributed by atoms with Gasteiger partial charge in [-0.3, -0.25) is 28.0 Å². The van der Waals surface area contributed by atoms with Crippen LogP contribution in [0.1, 0.15) is 71.7 Å². The standard InChI is InChI=1S/2C25H33N7.H2O4S.2H2O/c2*1-25(17-26-14-20-6-2-10-27-20)18-31(15-21-7-3-11-28-21)24(23-9-5-13-30-23)32(19-25)16-22-8-4-12-29-22;1-5(2,3)4;;/h2*2-13,24,26-30H,14-19H2,1H3;(H2,1,2,3,4);2*1H2. The lowest BCUT2D eigenvalue weighted by atomic mass is 9.85. The number of hydrogen-bond donors (Lipinski definition) is 10. The maximum absolute atomic E-state index is 8.52. The van der Waals surface area contributed by atoms with Crippen molar-refractivity contribution in [3.8, 4) is 0 Å². The zero-order valence-electron chi connectivity index (χ0n) is 40.5. The Kier molecular flexibility index (Phi) is 19.3. The second kappa shape index (κ2) is 25.3. The fraction of sp³-hybridized carbons (Fsp3) is 0.360. The number of quaternary nitrogens is 2. The molecule has 21 heteroatoms. The summed E-state index contributed by atoms with van der Waals surface area (Å²) in [5.74, 6) is 0. The van der Waals surface area contributed by atoms with Gasteiger partial charge in [0.2, 0.25) is 0 Å². The highest BCUT2D eigenvalue weighted by molar-refractivity contribution is 7.79. The Morgan fingerprint density at radius 3 is 0.915 bits per heavy atom. The van der Waals surface area contributed by atoms with E-state index in [9.17, 15) is 0 Å². The fourth-order valence-electron chi connectivity index (χ4n) is 10.4. The summed E-state index contributed by atoms with van der Waals surface area (Å²) >= 11 is 0. The predicted octanol–water partition coefficient (Wildman–Crippen LogP) is 2.58. The largest absolute Gasteiger partial charge is 0.759 e. The Morgan fingerprint density at radius 1 is 0.451 bits per heavy atom. The molecule has 10 rings (SSSR count). The molecular weight excluding hydrogens is 925 g/mol. The summed E-state index contributed by atoms with van der Waals surface area (Å²) in [6.07, 6.45) is 16.5. The highest BCUT2D eigenvalue weighted by atomic mass is 32.3. The van der Waals surface area contributed by atoms with Gasteiger partial charge in [0.1, 0.15) is 25.4 Å². The molecule has 2 aliphatic rings. The van der Waals surface area contributed by atoms with Crippen LogP contribution in [0.2, 0.25) is 0 Å². The van der Waals surface area contributed by atoms with Gasteiger partial charge in [0.25, 0.3) is 0 Å². The summed E-state index contributed by atoms with van der Waals surface area (Å²) < 4.78 is 34.1. The summed E-state index contributed by atoms with van der Waals surface area (Å²) in [7, 11) is -5.17. The van der Waals surface area contributed by atoms with Crippen LogP contribution in [0.3, 0.4) is 0 Å². The lowest BCUT2D eigenvalue weighted by Gasteiger charge is -2.50. The second-order valence-corrected chi connectivity index (χ2v) is 20.0. The smallest absolute Gasteiger partial charge is 0.116 e. The quantitative estimate of drug-likeness (QED) is 0.0449. The molecule has 0 unspecified atom stereocenters. The van der Waals surface area contributed by atoms with Gasteiger partial charge in [-0.1, -0.05) is 13.8 Å². The summed E-state index contributed by atoms with van der Waals surface area (Å²) in [4.78, 5) is 37.8. The highest BCUT2D eigenvalue weighted by Gasteiger charge is 2.45. The van der Waals surface area contributed by atoms with Crippen LogP contribution >= 0.6 is 0 Å². The van der Waals surface area contributed by atoms with Crippen LogP contribution in [0.5, 0.6) is 0 Å². The Balaban J connectivity index is 0.000000207. The van der Waals surface area contributed by atoms with E-state index in [1.807, 2.05) is 49.6 Å². The molecule has 8 aromatic rings. The normalized spacial score (nSPS) is 21.1. The van der Waals surface area contributed by atoms with E-state index >= 15 is 0 Å². The maximum atomic E-state index is 8.52.